The number of hydrogen-bond donors (Lipinski definition) is 2. The van der Waals surface area contributed by atoms with Crippen molar-refractivity contribution >= 4 is 28.5 Å². The third-order valence-corrected chi connectivity index (χ3v) is 2.89. The van der Waals surface area contributed by atoms with Crippen LogP contribution in [0.5, 0.6) is 0 Å². The molecule has 1 unspecified atom stereocenters. The number of aliphatic hydroxyl groups is 1. The highest BCUT2D eigenvalue weighted by molar-refractivity contribution is 14.1. The molecule has 1 aromatic carbocycles. The van der Waals surface area contributed by atoms with Crippen LogP contribution in [0.25, 0.3) is 0 Å². The largest absolute Gasteiger partial charge is 0.416 e. The number of nitrogens with one attached hydrogen (secondary N) is 1. The summed E-state index contributed by atoms with van der Waals surface area (Å²) in [5.41, 5.74) is 0.280. The van der Waals surface area contributed by atoms with Gasteiger partial charge in [-0.2, -0.15) is 13.2 Å². The van der Waals surface area contributed by atoms with Crippen LogP contribution in [0.2, 0.25) is 0 Å². The second kappa shape index (κ2) is 5.67. The van der Waals surface area contributed by atoms with E-state index in [1.54, 1.807) is 18.2 Å². The Hall–Kier alpha value is -0.830. The molecule has 0 aliphatic rings. The van der Waals surface area contributed by atoms with Crippen molar-refractivity contribution in [2.24, 2.45) is 0 Å². The second-order valence-electron chi connectivity index (χ2n) is 3.25. The van der Waals surface area contributed by atoms with Crippen LogP contribution in [0.4, 0.5) is 13.2 Å². The van der Waals surface area contributed by atoms with Crippen LogP contribution >= 0.6 is 22.6 Å². The van der Waals surface area contributed by atoms with Gasteiger partial charge in [0.15, 0.2) is 6.10 Å². The van der Waals surface area contributed by atoms with E-state index in [0.29, 0.717) is 3.57 Å². The Balaban J connectivity index is 2.60. The third-order valence-electron chi connectivity index (χ3n) is 1.95. The van der Waals surface area contributed by atoms with Gasteiger partial charge in [0.05, 0.1) is 12.1 Å². The highest BCUT2D eigenvalue weighted by Gasteiger charge is 2.38. The van der Waals surface area contributed by atoms with E-state index in [4.69, 9.17) is 5.11 Å². The van der Waals surface area contributed by atoms with Crippen molar-refractivity contribution in [2.75, 3.05) is 6.54 Å². The molecule has 0 fully saturated rings. The van der Waals surface area contributed by atoms with Crippen LogP contribution in [0.3, 0.4) is 0 Å². The molecule has 0 bridgehead atoms. The van der Waals surface area contributed by atoms with E-state index in [2.05, 4.69) is 0 Å². The minimum Gasteiger partial charge on any atom is -0.382 e. The Kier molecular flexibility index (Phi) is 4.75. The lowest BCUT2D eigenvalue weighted by atomic mass is 10.2. The van der Waals surface area contributed by atoms with Crippen molar-refractivity contribution in [3.63, 3.8) is 0 Å². The van der Waals surface area contributed by atoms with Crippen molar-refractivity contribution in [3.05, 3.63) is 33.4 Å². The topological polar surface area (TPSA) is 49.3 Å². The predicted molar refractivity (Wildman–Crippen MR) is 63.6 cm³/mol. The first-order valence-electron chi connectivity index (χ1n) is 4.60. The van der Waals surface area contributed by atoms with Gasteiger partial charge in [-0.05, 0) is 34.7 Å². The third kappa shape index (κ3) is 4.15. The maximum absolute atomic E-state index is 12.0. The Morgan fingerprint density at radius 1 is 1.41 bits per heavy atom. The Morgan fingerprint density at radius 2 is 2.00 bits per heavy atom. The molecule has 3 nitrogen and oxygen atoms in total. The first kappa shape index (κ1) is 14.2. The fourth-order valence-corrected chi connectivity index (χ4v) is 1.68. The zero-order valence-electron chi connectivity index (χ0n) is 8.46. The van der Waals surface area contributed by atoms with E-state index in [1.807, 2.05) is 27.9 Å². The summed E-state index contributed by atoms with van der Waals surface area (Å²) in [6.07, 6.45) is -7.27. The lowest BCUT2D eigenvalue weighted by Crippen LogP contribution is -2.40. The summed E-state index contributed by atoms with van der Waals surface area (Å²) in [6, 6.07) is 6.48. The smallest absolute Gasteiger partial charge is 0.382 e. The van der Waals surface area contributed by atoms with Gasteiger partial charge in [0.1, 0.15) is 0 Å². The summed E-state index contributed by atoms with van der Waals surface area (Å²) in [5, 5.41) is 10.7. The summed E-state index contributed by atoms with van der Waals surface area (Å²) in [6.45, 7) is -0.854. The lowest BCUT2D eigenvalue weighted by molar-refractivity contribution is -0.201. The van der Waals surface area contributed by atoms with Crippen molar-refractivity contribution in [3.8, 4) is 0 Å². The Morgan fingerprint density at radius 3 is 2.53 bits per heavy atom. The first-order valence-corrected chi connectivity index (χ1v) is 5.67. The van der Waals surface area contributed by atoms with Crippen LogP contribution in [0.15, 0.2) is 24.3 Å². The van der Waals surface area contributed by atoms with Gasteiger partial charge in [-0.15, -0.1) is 0 Å². The van der Waals surface area contributed by atoms with Gasteiger partial charge in [0.2, 0.25) is 0 Å². The maximum atomic E-state index is 12.0. The molecule has 1 rings (SSSR count). The highest BCUT2D eigenvalue weighted by Crippen LogP contribution is 2.19. The molecule has 0 aliphatic carbocycles. The SMILES string of the molecule is O=C(NCC(O)C(F)(F)F)c1ccccc1I. The molecule has 94 valence electrons. The quantitative estimate of drug-likeness (QED) is 0.811. The predicted octanol–water partition coefficient (Wildman–Crippen LogP) is 1.94. The van der Waals surface area contributed by atoms with Crippen LogP contribution in [-0.2, 0) is 0 Å². The number of amides is 1. The number of alkyl halides is 3. The number of hydrogen-bond acceptors (Lipinski definition) is 2. The molecule has 0 saturated heterocycles. The molecule has 0 radical (unpaired) electrons. The summed E-state index contributed by atoms with van der Waals surface area (Å²) in [4.78, 5) is 11.5. The first-order chi connectivity index (χ1) is 7.82. The molecule has 0 spiro atoms. The summed E-state index contributed by atoms with van der Waals surface area (Å²) in [7, 11) is 0. The van der Waals surface area contributed by atoms with Gasteiger partial charge >= 0.3 is 6.18 Å². The minimum absolute atomic E-state index is 0.280. The molecule has 1 aromatic rings. The van der Waals surface area contributed by atoms with Gasteiger partial charge < -0.3 is 10.4 Å². The van der Waals surface area contributed by atoms with Crippen LogP contribution in [0, 0.1) is 3.57 Å². The molecule has 0 saturated carbocycles. The van der Waals surface area contributed by atoms with Gasteiger partial charge in [-0.25, -0.2) is 0 Å². The number of benzene rings is 1. The van der Waals surface area contributed by atoms with E-state index in [1.165, 1.54) is 6.07 Å². The number of rotatable bonds is 3. The standard InChI is InChI=1S/C10H9F3INO2/c11-10(12,13)8(16)5-15-9(17)6-3-1-2-4-7(6)14/h1-4,8,16H,5H2,(H,15,17). The van der Waals surface area contributed by atoms with E-state index in [0.717, 1.165) is 0 Å². The average Bonchev–Trinajstić information content (AvgIpc) is 2.24. The number of aliphatic hydroxyl groups excluding tert-OH is 1. The van der Waals surface area contributed by atoms with E-state index >= 15 is 0 Å². The second-order valence-corrected chi connectivity index (χ2v) is 4.41. The molecule has 17 heavy (non-hydrogen) atoms. The molecule has 0 heterocycles. The van der Waals surface area contributed by atoms with Gasteiger partial charge in [0.25, 0.3) is 5.91 Å². The Labute approximate surface area is 109 Å². The number of halogens is 4. The van der Waals surface area contributed by atoms with Crippen LogP contribution < -0.4 is 5.32 Å². The molecular formula is C10H9F3INO2. The molecular weight excluding hydrogens is 350 g/mol. The fourth-order valence-electron chi connectivity index (χ4n) is 1.05. The van der Waals surface area contributed by atoms with Crippen molar-refractivity contribution in [1.82, 2.24) is 5.32 Å². The highest BCUT2D eigenvalue weighted by atomic mass is 127. The zero-order valence-corrected chi connectivity index (χ0v) is 10.6. The van der Waals surface area contributed by atoms with E-state index < -0.39 is 24.7 Å². The zero-order chi connectivity index (χ0) is 13.1. The molecule has 1 amide bonds. The summed E-state index contributed by atoms with van der Waals surface area (Å²) < 4.78 is 36.6. The molecule has 2 N–H and O–H groups in total. The monoisotopic (exact) mass is 359 g/mol. The normalized spacial score (nSPS) is 13.2. The van der Waals surface area contributed by atoms with Crippen molar-refractivity contribution in [1.29, 1.82) is 0 Å². The molecule has 1 atom stereocenters. The van der Waals surface area contributed by atoms with Crippen LogP contribution in [0.1, 0.15) is 10.4 Å². The average molecular weight is 359 g/mol. The number of carbonyl (C=O) groups excluding carboxylic acids is 1. The summed E-state index contributed by atoms with van der Waals surface area (Å²) >= 11 is 1.90. The van der Waals surface area contributed by atoms with Crippen molar-refractivity contribution < 1.29 is 23.1 Å². The summed E-state index contributed by atoms with van der Waals surface area (Å²) in [5.74, 6) is -0.640. The van der Waals surface area contributed by atoms with Crippen molar-refractivity contribution in [2.45, 2.75) is 12.3 Å². The lowest BCUT2D eigenvalue weighted by Gasteiger charge is -2.15. The molecule has 7 heteroatoms. The molecule has 0 aromatic heterocycles. The Bertz CT molecular complexity index is 409. The maximum Gasteiger partial charge on any atom is 0.416 e. The number of carbonyl (C=O) groups is 1. The van der Waals surface area contributed by atoms with Gasteiger partial charge in [-0.3, -0.25) is 4.79 Å². The fraction of sp³-hybridized carbons (Fsp3) is 0.300. The molecule has 0 aliphatic heterocycles. The van der Waals surface area contributed by atoms with Crippen LogP contribution in [-0.4, -0.2) is 29.8 Å². The van der Waals surface area contributed by atoms with E-state index in [-0.39, 0.29) is 5.56 Å². The van der Waals surface area contributed by atoms with Gasteiger partial charge in [-0.1, -0.05) is 12.1 Å². The van der Waals surface area contributed by atoms with Gasteiger partial charge in [0, 0.05) is 3.57 Å². The minimum atomic E-state index is -4.73. The van der Waals surface area contributed by atoms with E-state index in [9.17, 15) is 18.0 Å².